The van der Waals surface area contributed by atoms with Crippen molar-refractivity contribution in [3.05, 3.63) is 21.7 Å². The minimum absolute atomic E-state index is 0.117. The van der Waals surface area contributed by atoms with Gasteiger partial charge < -0.3 is 11.5 Å². The first-order valence-corrected chi connectivity index (χ1v) is 6.79. The Morgan fingerprint density at radius 3 is 2.39 bits per heavy atom. The number of Topliss-reactive ketones (excluding diaryl/α,β-unsaturated/α-hetero) is 1. The van der Waals surface area contributed by atoms with E-state index in [1.54, 1.807) is 12.3 Å². The van der Waals surface area contributed by atoms with Crippen molar-refractivity contribution in [3.8, 4) is 12.1 Å². The second-order valence-electron chi connectivity index (χ2n) is 3.32. The van der Waals surface area contributed by atoms with E-state index in [-0.39, 0.29) is 27.4 Å². The molecule has 0 unspecified atom stereocenters. The Morgan fingerprint density at radius 1 is 1.44 bits per heavy atom. The predicted molar refractivity (Wildman–Crippen MR) is 72.1 cm³/mol. The van der Waals surface area contributed by atoms with Crippen LogP contribution in [0, 0.1) is 22.7 Å². The van der Waals surface area contributed by atoms with Crippen molar-refractivity contribution in [2.75, 3.05) is 12.0 Å². The number of rotatable bonds is 3. The number of nitriles is 2. The molecular formula is C11H10N4OS2. The number of nitrogens with zero attached hydrogens (tertiary/aromatic N) is 2. The van der Waals surface area contributed by atoms with Crippen molar-refractivity contribution in [1.82, 2.24) is 0 Å². The van der Waals surface area contributed by atoms with Gasteiger partial charge >= 0.3 is 0 Å². The average molecular weight is 278 g/mol. The third kappa shape index (κ3) is 2.33. The molecule has 0 bridgehead atoms. The van der Waals surface area contributed by atoms with E-state index in [1.165, 1.54) is 18.7 Å². The van der Waals surface area contributed by atoms with Gasteiger partial charge in [-0.05, 0) is 13.2 Å². The summed E-state index contributed by atoms with van der Waals surface area (Å²) in [6.45, 7) is 1.47. The van der Waals surface area contributed by atoms with E-state index in [9.17, 15) is 4.79 Å². The summed E-state index contributed by atoms with van der Waals surface area (Å²) in [7, 11) is 0. The van der Waals surface area contributed by atoms with Crippen LogP contribution in [-0.4, -0.2) is 12.0 Å². The number of thioether (sulfide) groups is 1. The molecule has 1 heterocycles. The third-order valence-corrected chi connectivity index (χ3v) is 4.47. The van der Waals surface area contributed by atoms with E-state index in [4.69, 9.17) is 22.0 Å². The standard InChI is InChI=1S/C11H10N4OS2/c1-5(14)6(3-12)9(16)10-8(15)7(4-13)11(17-2)18-10/h14-15H2,1-2H3/b6-5-. The topological polar surface area (TPSA) is 117 Å². The van der Waals surface area contributed by atoms with Crippen LogP contribution in [0.15, 0.2) is 15.5 Å². The lowest BCUT2D eigenvalue weighted by atomic mass is 10.1. The zero-order valence-corrected chi connectivity index (χ0v) is 11.4. The number of hydrogen-bond donors (Lipinski definition) is 2. The fourth-order valence-electron chi connectivity index (χ4n) is 1.27. The van der Waals surface area contributed by atoms with Crippen LogP contribution in [0.5, 0.6) is 0 Å². The fourth-order valence-corrected chi connectivity index (χ4v) is 3.06. The number of carbonyl (C=O) groups is 1. The zero-order valence-electron chi connectivity index (χ0n) is 9.77. The van der Waals surface area contributed by atoms with Gasteiger partial charge in [0, 0.05) is 5.70 Å². The summed E-state index contributed by atoms with van der Waals surface area (Å²) in [4.78, 5) is 12.3. The van der Waals surface area contributed by atoms with Gasteiger partial charge in [-0.2, -0.15) is 10.5 Å². The maximum atomic E-state index is 12.1. The number of nitrogen functional groups attached to an aromatic ring is 1. The van der Waals surface area contributed by atoms with Crippen LogP contribution >= 0.6 is 23.1 Å². The first kappa shape index (κ1) is 14.1. The van der Waals surface area contributed by atoms with Gasteiger partial charge in [-0.1, -0.05) is 0 Å². The number of hydrogen-bond acceptors (Lipinski definition) is 7. The number of ketones is 1. The summed E-state index contributed by atoms with van der Waals surface area (Å²) < 4.78 is 0.658. The van der Waals surface area contributed by atoms with Crippen LogP contribution < -0.4 is 11.5 Å². The van der Waals surface area contributed by atoms with Crippen molar-refractivity contribution in [3.63, 3.8) is 0 Å². The molecule has 1 aromatic rings. The lowest BCUT2D eigenvalue weighted by Gasteiger charge is -1.99. The number of anilines is 1. The summed E-state index contributed by atoms with van der Waals surface area (Å²) in [5, 5.41) is 17.9. The van der Waals surface area contributed by atoms with E-state index >= 15 is 0 Å². The van der Waals surface area contributed by atoms with Gasteiger partial charge in [0.2, 0.25) is 5.78 Å². The summed E-state index contributed by atoms with van der Waals surface area (Å²) in [6, 6.07) is 3.72. The molecule has 0 aromatic carbocycles. The molecular weight excluding hydrogens is 268 g/mol. The first-order valence-electron chi connectivity index (χ1n) is 4.75. The Morgan fingerprint density at radius 2 is 2.06 bits per heavy atom. The Balaban J connectivity index is 3.42. The molecule has 0 fully saturated rings. The summed E-state index contributed by atoms with van der Waals surface area (Å²) in [6.07, 6.45) is 1.79. The maximum absolute atomic E-state index is 12.1. The molecule has 1 rings (SSSR count). The van der Waals surface area contributed by atoms with Crippen LogP contribution in [-0.2, 0) is 0 Å². The van der Waals surface area contributed by atoms with Gasteiger partial charge in [0.15, 0.2) is 0 Å². The van der Waals surface area contributed by atoms with Crippen LogP contribution in [0.4, 0.5) is 5.69 Å². The van der Waals surface area contributed by atoms with Crippen LogP contribution in [0.25, 0.3) is 0 Å². The van der Waals surface area contributed by atoms with Crippen LogP contribution in [0.3, 0.4) is 0 Å². The highest BCUT2D eigenvalue weighted by atomic mass is 32.2. The number of allylic oxidation sites excluding steroid dienone is 2. The van der Waals surface area contributed by atoms with Gasteiger partial charge in [-0.15, -0.1) is 23.1 Å². The van der Waals surface area contributed by atoms with Crippen LogP contribution in [0.1, 0.15) is 22.2 Å². The van der Waals surface area contributed by atoms with Gasteiger partial charge in [0.05, 0.1) is 9.90 Å². The van der Waals surface area contributed by atoms with E-state index < -0.39 is 5.78 Å². The normalized spacial score (nSPS) is 11.3. The van der Waals surface area contributed by atoms with Crippen molar-refractivity contribution >= 4 is 34.6 Å². The minimum atomic E-state index is -0.531. The molecule has 4 N–H and O–H groups in total. The molecule has 5 nitrogen and oxygen atoms in total. The first-order chi connectivity index (χ1) is 8.47. The van der Waals surface area contributed by atoms with E-state index in [0.29, 0.717) is 4.21 Å². The van der Waals surface area contributed by atoms with Crippen molar-refractivity contribution in [2.45, 2.75) is 11.1 Å². The van der Waals surface area contributed by atoms with Crippen molar-refractivity contribution < 1.29 is 4.79 Å². The smallest absolute Gasteiger partial charge is 0.217 e. The third-order valence-electron chi connectivity index (χ3n) is 2.15. The molecule has 0 saturated carbocycles. The highest BCUT2D eigenvalue weighted by Gasteiger charge is 2.24. The molecule has 0 saturated heterocycles. The number of carbonyl (C=O) groups excluding carboxylic acids is 1. The predicted octanol–water partition coefficient (Wildman–Crippen LogP) is 1.86. The SMILES string of the molecule is CSc1sc(C(=O)/C(C#N)=C(/C)N)c(N)c1C#N. The van der Waals surface area contributed by atoms with Crippen molar-refractivity contribution in [1.29, 1.82) is 10.5 Å². The van der Waals surface area contributed by atoms with E-state index in [0.717, 1.165) is 11.3 Å². The molecule has 0 spiro atoms. The monoisotopic (exact) mass is 278 g/mol. The highest BCUT2D eigenvalue weighted by Crippen LogP contribution is 2.37. The molecule has 0 aliphatic heterocycles. The van der Waals surface area contributed by atoms with Gasteiger partial charge in [-0.25, -0.2) is 0 Å². The maximum Gasteiger partial charge on any atom is 0.217 e. The molecule has 0 amide bonds. The zero-order chi connectivity index (χ0) is 13.9. The largest absolute Gasteiger partial charge is 0.401 e. The second-order valence-corrected chi connectivity index (χ2v) is 5.42. The fraction of sp³-hybridized carbons (Fsp3) is 0.182. The van der Waals surface area contributed by atoms with Crippen LogP contribution in [0.2, 0.25) is 0 Å². The molecule has 18 heavy (non-hydrogen) atoms. The number of thiophene rings is 1. The van der Waals surface area contributed by atoms with E-state index in [2.05, 4.69) is 0 Å². The lowest BCUT2D eigenvalue weighted by molar-refractivity contribution is 0.104. The summed E-state index contributed by atoms with van der Waals surface area (Å²) in [5.74, 6) is -0.531. The lowest BCUT2D eigenvalue weighted by Crippen LogP contribution is -2.08. The molecule has 0 aliphatic carbocycles. The Hall–Kier alpha value is -1.96. The number of nitrogens with two attached hydrogens (primary N) is 2. The Bertz CT molecular complexity index is 612. The Labute approximate surface area is 113 Å². The molecule has 7 heteroatoms. The second kappa shape index (κ2) is 5.58. The van der Waals surface area contributed by atoms with Gasteiger partial charge in [0.25, 0.3) is 0 Å². The quantitative estimate of drug-likeness (QED) is 0.377. The minimum Gasteiger partial charge on any atom is -0.401 e. The molecule has 0 aliphatic rings. The van der Waals surface area contributed by atoms with Gasteiger partial charge in [0.1, 0.15) is 28.2 Å². The molecule has 0 radical (unpaired) electrons. The van der Waals surface area contributed by atoms with Crippen molar-refractivity contribution in [2.24, 2.45) is 5.73 Å². The molecule has 0 atom stereocenters. The summed E-state index contributed by atoms with van der Waals surface area (Å²) in [5.41, 5.74) is 11.6. The van der Waals surface area contributed by atoms with E-state index in [1.807, 2.05) is 6.07 Å². The molecule has 92 valence electrons. The molecule has 1 aromatic heterocycles. The highest BCUT2D eigenvalue weighted by molar-refractivity contribution is 8.00. The van der Waals surface area contributed by atoms with Gasteiger partial charge in [-0.3, -0.25) is 4.79 Å². The average Bonchev–Trinajstić information content (AvgIpc) is 2.65. The summed E-state index contributed by atoms with van der Waals surface area (Å²) >= 11 is 2.44. The Kier molecular flexibility index (Phi) is 4.38.